The van der Waals surface area contributed by atoms with E-state index in [0.717, 1.165) is 25.2 Å². The van der Waals surface area contributed by atoms with E-state index in [1.54, 1.807) is 12.4 Å². The number of nitrogens with zero attached hydrogens (tertiary/aromatic N) is 5. The van der Waals surface area contributed by atoms with Gasteiger partial charge in [-0.3, -0.25) is 0 Å². The number of halogens is 1. The summed E-state index contributed by atoms with van der Waals surface area (Å²) in [5, 5.41) is 4.02. The van der Waals surface area contributed by atoms with Gasteiger partial charge in [-0.15, -0.1) is 0 Å². The molecule has 7 heteroatoms. The molecule has 0 aliphatic carbocycles. The highest BCUT2D eigenvalue weighted by Gasteiger charge is 2.21. The lowest BCUT2D eigenvalue weighted by Gasteiger charge is -2.31. The minimum Gasteiger partial charge on any atom is -0.340 e. The van der Waals surface area contributed by atoms with Crippen LogP contribution in [0.1, 0.15) is 19.8 Å². The normalized spacial score (nSPS) is 17.7. The molecule has 1 aromatic carbocycles. The first-order chi connectivity index (χ1) is 12.2. The Labute approximate surface area is 151 Å². The molecular weight excluding hydrogens is 336 g/mol. The van der Waals surface area contributed by atoms with Gasteiger partial charge < -0.3 is 10.2 Å². The maximum Gasteiger partial charge on any atom is 0.229 e. The second-order valence-electron chi connectivity index (χ2n) is 6.43. The van der Waals surface area contributed by atoms with Crippen molar-refractivity contribution in [3.05, 3.63) is 41.7 Å². The fraction of sp³-hybridized carbons (Fsp3) is 0.333. The predicted octanol–water partition coefficient (Wildman–Crippen LogP) is 4.05. The lowest BCUT2D eigenvalue weighted by Crippen LogP contribution is -2.35. The standard InChI is InChI=1S/C18H19ClN6/c1-12-3-2-10-25(11-12)18-23-16-15(20-8-9-21-16)17(24-18)22-14-6-4-13(19)5-7-14/h4-9,12H,2-3,10-11H2,1H3,(H,21,22,23,24). The summed E-state index contributed by atoms with van der Waals surface area (Å²) in [4.78, 5) is 20.4. The molecule has 1 fully saturated rings. The van der Waals surface area contributed by atoms with Crippen LogP contribution in [-0.2, 0) is 0 Å². The number of fused-ring (bicyclic) bond motifs is 1. The number of hydrogen-bond acceptors (Lipinski definition) is 6. The highest BCUT2D eigenvalue weighted by Crippen LogP contribution is 2.26. The molecule has 1 aliphatic heterocycles. The van der Waals surface area contributed by atoms with Crippen molar-refractivity contribution >= 4 is 40.2 Å². The van der Waals surface area contributed by atoms with Gasteiger partial charge in [-0.25, -0.2) is 9.97 Å². The zero-order valence-corrected chi connectivity index (χ0v) is 14.7. The van der Waals surface area contributed by atoms with Crippen LogP contribution in [0.3, 0.4) is 0 Å². The van der Waals surface area contributed by atoms with Gasteiger partial charge in [-0.2, -0.15) is 9.97 Å². The smallest absolute Gasteiger partial charge is 0.229 e. The van der Waals surface area contributed by atoms with Crippen LogP contribution in [0.25, 0.3) is 11.2 Å². The van der Waals surface area contributed by atoms with E-state index >= 15 is 0 Å². The Balaban J connectivity index is 1.74. The summed E-state index contributed by atoms with van der Waals surface area (Å²) >= 11 is 5.97. The third kappa shape index (κ3) is 3.49. The van der Waals surface area contributed by atoms with Crippen molar-refractivity contribution in [2.75, 3.05) is 23.3 Å². The molecular formula is C18H19ClN6. The van der Waals surface area contributed by atoms with Gasteiger partial charge in [0.2, 0.25) is 5.95 Å². The molecule has 0 radical (unpaired) electrons. The second kappa shape index (κ2) is 6.80. The lowest BCUT2D eigenvalue weighted by atomic mass is 10.0. The molecule has 128 valence electrons. The number of benzene rings is 1. The van der Waals surface area contributed by atoms with E-state index < -0.39 is 0 Å². The average molecular weight is 355 g/mol. The third-order valence-electron chi connectivity index (χ3n) is 4.37. The minimum absolute atomic E-state index is 0.599. The first-order valence-corrected chi connectivity index (χ1v) is 8.83. The van der Waals surface area contributed by atoms with Crippen LogP contribution in [0.4, 0.5) is 17.5 Å². The van der Waals surface area contributed by atoms with Crippen LogP contribution in [0, 0.1) is 5.92 Å². The van der Waals surface area contributed by atoms with Crippen molar-refractivity contribution in [2.24, 2.45) is 5.92 Å². The summed E-state index contributed by atoms with van der Waals surface area (Å²) < 4.78 is 0. The summed E-state index contributed by atoms with van der Waals surface area (Å²) in [6.45, 7) is 4.20. The Morgan fingerprint density at radius 3 is 2.72 bits per heavy atom. The number of aromatic nitrogens is 4. The molecule has 3 aromatic rings. The van der Waals surface area contributed by atoms with Crippen molar-refractivity contribution in [3.63, 3.8) is 0 Å². The quantitative estimate of drug-likeness (QED) is 0.765. The molecule has 0 spiro atoms. The van der Waals surface area contributed by atoms with Gasteiger partial charge in [0.1, 0.15) is 0 Å². The largest absolute Gasteiger partial charge is 0.340 e. The maximum atomic E-state index is 5.97. The van der Waals surface area contributed by atoms with Gasteiger partial charge in [0, 0.05) is 36.2 Å². The van der Waals surface area contributed by atoms with Crippen LogP contribution in [0.2, 0.25) is 5.02 Å². The van der Waals surface area contributed by atoms with E-state index in [4.69, 9.17) is 16.6 Å². The molecule has 3 heterocycles. The molecule has 1 unspecified atom stereocenters. The van der Waals surface area contributed by atoms with Gasteiger partial charge in [0.05, 0.1) is 0 Å². The zero-order valence-electron chi connectivity index (χ0n) is 14.0. The first-order valence-electron chi connectivity index (χ1n) is 8.45. The molecule has 0 saturated carbocycles. The van der Waals surface area contributed by atoms with Gasteiger partial charge in [0.25, 0.3) is 0 Å². The van der Waals surface area contributed by atoms with E-state index in [1.165, 1.54) is 6.42 Å². The van der Waals surface area contributed by atoms with Gasteiger partial charge >= 0.3 is 0 Å². The van der Waals surface area contributed by atoms with Crippen molar-refractivity contribution in [1.29, 1.82) is 0 Å². The van der Waals surface area contributed by atoms with Crippen LogP contribution in [-0.4, -0.2) is 33.0 Å². The van der Waals surface area contributed by atoms with Gasteiger partial charge in [-0.1, -0.05) is 18.5 Å². The molecule has 1 aliphatic rings. The third-order valence-corrected chi connectivity index (χ3v) is 4.62. The second-order valence-corrected chi connectivity index (χ2v) is 6.86. The topological polar surface area (TPSA) is 66.8 Å². The molecule has 6 nitrogen and oxygen atoms in total. The molecule has 1 N–H and O–H groups in total. The molecule has 1 atom stereocenters. The van der Waals surface area contributed by atoms with Gasteiger partial charge in [0.15, 0.2) is 17.0 Å². The van der Waals surface area contributed by atoms with Gasteiger partial charge in [-0.05, 0) is 43.0 Å². The fourth-order valence-electron chi connectivity index (χ4n) is 3.12. The van der Waals surface area contributed by atoms with E-state index in [9.17, 15) is 0 Å². The average Bonchev–Trinajstić information content (AvgIpc) is 2.63. The number of nitrogens with one attached hydrogen (secondary N) is 1. The van der Waals surface area contributed by atoms with Crippen molar-refractivity contribution in [3.8, 4) is 0 Å². The van der Waals surface area contributed by atoms with Crippen molar-refractivity contribution < 1.29 is 0 Å². The maximum absolute atomic E-state index is 5.97. The Morgan fingerprint density at radius 2 is 1.92 bits per heavy atom. The van der Waals surface area contributed by atoms with Crippen molar-refractivity contribution in [1.82, 2.24) is 19.9 Å². The highest BCUT2D eigenvalue weighted by molar-refractivity contribution is 6.30. The van der Waals surface area contributed by atoms with Crippen LogP contribution >= 0.6 is 11.6 Å². The molecule has 1 saturated heterocycles. The molecule has 0 bridgehead atoms. The Hall–Kier alpha value is -2.47. The van der Waals surface area contributed by atoms with E-state index in [1.807, 2.05) is 24.3 Å². The van der Waals surface area contributed by atoms with Crippen LogP contribution < -0.4 is 10.2 Å². The van der Waals surface area contributed by atoms with Crippen LogP contribution in [0.15, 0.2) is 36.7 Å². The fourth-order valence-corrected chi connectivity index (χ4v) is 3.25. The van der Waals surface area contributed by atoms with Crippen molar-refractivity contribution in [2.45, 2.75) is 19.8 Å². The zero-order chi connectivity index (χ0) is 17.2. The SMILES string of the molecule is CC1CCCN(c2nc(Nc3ccc(Cl)cc3)c3nccnc3n2)C1. The molecule has 0 amide bonds. The lowest BCUT2D eigenvalue weighted by molar-refractivity contribution is 0.442. The Kier molecular flexibility index (Phi) is 4.36. The highest BCUT2D eigenvalue weighted by atomic mass is 35.5. The summed E-state index contributed by atoms with van der Waals surface area (Å²) in [6, 6.07) is 7.50. The predicted molar refractivity (Wildman–Crippen MR) is 100 cm³/mol. The monoisotopic (exact) mass is 354 g/mol. The molecule has 25 heavy (non-hydrogen) atoms. The summed E-state index contributed by atoms with van der Waals surface area (Å²) in [5.74, 6) is 2.01. The molecule has 2 aromatic heterocycles. The minimum atomic E-state index is 0.599. The van der Waals surface area contributed by atoms with E-state index in [0.29, 0.717) is 33.9 Å². The summed E-state index contributed by atoms with van der Waals surface area (Å²) in [6.07, 6.45) is 5.72. The van der Waals surface area contributed by atoms with Crippen LogP contribution in [0.5, 0.6) is 0 Å². The summed E-state index contributed by atoms with van der Waals surface area (Å²) in [7, 11) is 0. The summed E-state index contributed by atoms with van der Waals surface area (Å²) in [5.41, 5.74) is 2.15. The Morgan fingerprint density at radius 1 is 1.12 bits per heavy atom. The first kappa shape index (κ1) is 16.0. The Bertz CT molecular complexity index is 882. The molecule has 4 rings (SSSR count). The van der Waals surface area contributed by atoms with E-state index in [-0.39, 0.29) is 0 Å². The number of piperidine rings is 1. The number of rotatable bonds is 3. The number of hydrogen-bond donors (Lipinski definition) is 1. The number of anilines is 3. The van der Waals surface area contributed by atoms with E-state index in [2.05, 4.69) is 32.1 Å².